The van der Waals surface area contributed by atoms with Gasteiger partial charge in [0, 0.05) is 24.2 Å². The van der Waals surface area contributed by atoms with E-state index in [0.717, 1.165) is 28.0 Å². The smallest absolute Gasteiger partial charge is 0.178 e. The van der Waals surface area contributed by atoms with Crippen molar-refractivity contribution in [2.45, 2.75) is 13.2 Å². The highest BCUT2D eigenvalue weighted by molar-refractivity contribution is 5.78. The van der Waals surface area contributed by atoms with E-state index in [1.807, 2.05) is 72.8 Å². The van der Waals surface area contributed by atoms with Gasteiger partial charge in [0.25, 0.3) is 0 Å². The van der Waals surface area contributed by atoms with Gasteiger partial charge in [-0.25, -0.2) is 9.97 Å². The molecule has 6 nitrogen and oxygen atoms in total. The molecule has 0 fully saturated rings. The summed E-state index contributed by atoms with van der Waals surface area (Å²) < 4.78 is 12.1. The molecular weight excluding hydrogens is 388 g/mol. The van der Waals surface area contributed by atoms with Crippen LogP contribution < -0.4 is 9.47 Å². The fraction of sp³-hybridized carbons (Fsp3) is 0.0800. The molecule has 0 unspecified atom stereocenters. The predicted octanol–water partition coefficient (Wildman–Crippen LogP) is 5.18. The van der Waals surface area contributed by atoms with Crippen LogP contribution in [0.25, 0.3) is 22.6 Å². The van der Waals surface area contributed by atoms with Gasteiger partial charge in [0.2, 0.25) is 0 Å². The molecule has 3 heterocycles. The molecule has 0 saturated carbocycles. The normalized spacial score (nSPS) is 10.8. The minimum atomic E-state index is 0.406. The van der Waals surface area contributed by atoms with E-state index in [4.69, 9.17) is 9.47 Å². The van der Waals surface area contributed by atoms with Gasteiger partial charge in [0.15, 0.2) is 5.65 Å². The van der Waals surface area contributed by atoms with Crippen LogP contribution in [0.3, 0.4) is 0 Å². The van der Waals surface area contributed by atoms with Crippen LogP contribution in [0, 0.1) is 0 Å². The molecule has 0 saturated heterocycles. The monoisotopic (exact) mass is 408 g/mol. The summed E-state index contributed by atoms with van der Waals surface area (Å²) in [4.78, 5) is 16.4. The quantitative estimate of drug-likeness (QED) is 0.402. The Morgan fingerprint density at radius 2 is 1.61 bits per heavy atom. The molecule has 152 valence electrons. The van der Waals surface area contributed by atoms with Crippen molar-refractivity contribution in [1.29, 1.82) is 0 Å². The zero-order valence-electron chi connectivity index (χ0n) is 16.7. The van der Waals surface area contributed by atoms with Gasteiger partial charge < -0.3 is 14.5 Å². The minimum Gasteiger partial charge on any atom is -0.489 e. The molecule has 0 radical (unpaired) electrons. The van der Waals surface area contributed by atoms with Crippen molar-refractivity contribution in [2.24, 2.45) is 0 Å². The second-order valence-corrected chi connectivity index (χ2v) is 7.04. The first kappa shape index (κ1) is 18.8. The van der Waals surface area contributed by atoms with Crippen LogP contribution in [-0.2, 0) is 13.2 Å². The molecule has 5 aromatic rings. The fourth-order valence-electron chi connectivity index (χ4n) is 3.27. The molecule has 0 aliphatic heterocycles. The number of H-pyrrole nitrogens is 1. The predicted molar refractivity (Wildman–Crippen MR) is 119 cm³/mol. The van der Waals surface area contributed by atoms with Gasteiger partial charge in [-0.05, 0) is 42.0 Å². The van der Waals surface area contributed by atoms with E-state index in [2.05, 4.69) is 19.9 Å². The van der Waals surface area contributed by atoms with Crippen LogP contribution in [0.1, 0.15) is 11.1 Å². The van der Waals surface area contributed by atoms with Gasteiger partial charge in [-0.1, -0.05) is 36.4 Å². The number of hydrogen-bond acceptors (Lipinski definition) is 5. The topological polar surface area (TPSA) is 72.9 Å². The number of nitrogens with one attached hydrogen (secondary N) is 1. The highest BCUT2D eigenvalue weighted by Crippen LogP contribution is 2.33. The summed E-state index contributed by atoms with van der Waals surface area (Å²) in [6, 6.07) is 23.5. The van der Waals surface area contributed by atoms with E-state index in [-0.39, 0.29) is 0 Å². The number of nitrogens with zero attached hydrogens (tertiary/aromatic N) is 3. The lowest BCUT2D eigenvalue weighted by Crippen LogP contribution is -2.00. The Labute approximate surface area is 179 Å². The lowest BCUT2D eigenvalue weighted by Gasteiger charge is -2.13. The van der Waals surface area contributed by atoms with Crippen LogP contribution in [0.4, 0.5) is 0 Å². The van der Waals surface area contributed by atoms with E-state index >= 15 is 0 Å². The van der Waals surface area contributed by atoms with Crippen molar-refractivity contribution in [3.8, 4) is 22.9 Å². The standard InChI is InChI=1S/C25H20N4O2/c1-2-6-18(7-3-1)16-30-20-10-11-23(31-17-19-8-4-12-26-15-19)21(14-20)24-28-22-9-5-13-27-25(22)29-24/h1-15H,16-17H2,(H,27,28,29). The molecule has 3 aromatic heterocycles. The van der Waals surface area contributed by atoms with Crippen molar-refractivity contribution >= 4 is 11.2 Å². The molecule has 1 N–H and O–H groups in total. The van der Waals surface area contributed by atoms with E-state index < -0.39 is 0 Å². The minimum absolute atomic E-state index is 0.406. The number of imidazole rings is 1. The maximum Gasteiger partial charge on any atom is 0.178 e. The van der Waals surface area contributed by atoms with Crippen molar-refractivity contribution in [1.82, 2.24) is 19.9 Å². The van der Waals surface area contributed by atoms with Gasteiger partial charge in [0.1, 0.15) is 30.5 Å². The molecule has 0 bridgehead atoms. The summed E-state index contributed by atoms with van der Waals surface area (Å²) in [5.74, 6) is 2.12. The Hall–Kier alpha value is -4.19. The number of fused-ring (bicyclic) bond motifs is 1. The lowest BCUT2D eigenvalue weighted by atomic mass is 10.1. The zero-order valence-corrected chi connectivity index (χ0v) is 16.7. The maximum absolute atomic E-state index is 6.12. The van der Waals surface area contributed by atoms with Crippen molar-refractivity contribution in [3.05, 3.63) is 103 Å². The van der Waals surface area contributed by atoms with Crippen LogP contribution in [-0.4, -0.2) is 19.9 Å². The molecule has 31 heavy (non-hydrogen) atoms. The molecule has 0 atom stereocenters. The Bertz CT molecular complexity index is 1250. The lowest BCUT2D eigenvalue weighted by molar-refractivity contribution is 0.298. The Kier molecular flexibility index (Phi) is 5.26. The number of aromatic amines is 1. The van der Waals surface area contributed by atoms with Gasteiger partial charge in [-0.2, -0.15) is 0 Å². The molecule has 0 spiro atoms. The van der Waals surface area contributed by atoms with Crippen molar-refractivity contribution in [2.75, 3.05) is 0 Å². The van der Waals surface area contributed by atoms with Gasteiger partial charge in [-0.3, -0.25) is 4.98 Å². The molecule has 0 amide bonds. The molecule has 0 aliphatic carbocycles. The first-order valence-corrected chi connectivity index (χ1v) is 9.99. The SMILES string of the molecule is c1ccc(COc2ccc(OCc3cccnc3)c(-c3nc4ncccc4[nH]3)c2)cc1. The molecule has 0 aliphatic rings. The maximum atomic E-state index is 6.12. The van der Waals surface area contributed by atoms with E-state index in [0.29, 0.717) is 30.4 Å². The van der Waals surface area contributed by atoms with E-state index in [9.17, 15) is 0 Å². The summed E-state index contributed by atoms with van der Waals surface area (Å²) in [6.45, 7) is 0.890. The summed E-state index contributed by atoms with van der Waals surface area (Å²) >= 11 is 0. The van der Waals surface area contributed by atoms with Crippen LogP contribution in [0.5, 0.6) is 11.5 Å². The first-order chi connectivity index (χ1) is 15.3. The van der Waals surface area contributed by atoms with Gasteiger partial charge in [0.05, 0.1) is 11.1 Å². The average Bonchev–Trinajstić information content (AvgIpc) is 3.27. The molecular formula is C25H20N4O2. The molecule has 6 heteroatoms. The average molecular weight is 408 g/mol. The van der Waals surface area contributed by atoms with E-state index in [1.54, 1.807) is 18.6 Å². The Morgan fingerprint density at radius 3 is 2.45 bits per heavy atom. The highest BCUT2D eigenvalue weighted by atomic mass is 16.5. The molecule has 5 rings (SSSR count). The number of ether oxygens (including phenoxy) is 2. The fourth-order valence-corrected chi connectivity index (χ4v) is 3.27. The third-order valence-electron chi connectivity index (χ3n) is 4.83. The zero-order chi connectivity index (χ0) is 20.9. The number of hydrogen-bond donors (Lipinski definition) is 1. The number of rotatable bonds is 7. The van der Waals surface area contributed by atoms with Crippen LogP contribution >= 0.6 is 0 Å². The largest absolute Gasteiger partial charge is 0.489 e. The van der Waals surface area contributed by atoms with Gasteiger partial charge >= 0.3 is 0 Å². The van der Waals surface area contributed by atoms with Crippen LogP contribution in [0.2, 0.25) is 0 Å². The van der Waals surface area contributed by atoms with Crippen molar-refractivity contribution < 1.29 is 9.47 Å². The summed E-state index contributed by atoms with van der Waals surface area (Å²) in [7, 11) is 0. The third-order valence-corrected chi connectivity index (χ3v) is 4.83. The first-order valence-electron chi connectivity index (χ1n) is 9.99. The van der Waals surface area contributed by atoms with Crippen molar-refractivity contribution in [3.63, 3.8) is 0 Å². The molecule has 2 aromatic carbocycles. The summed E-state index contributed by atoms with van der Waals surface area (Å²) in [5.41, 5.74) is 4.43. The van der Waals surface area contributed by atoms with Gasteiger partial charge in [-0.15, -0.1) is 0 Å². The number of benzene rings is 2. The highest BCUT2D eigenvalue weighted by Gasteiger charge is 2.14. The Morgan fingerprint density at radius 1 is 0.774 bits per heavy atom. The number of pyridine rings is 2. The Balaban J connectivity index is 1.46. The second kappa shape index (κ2) is 8.67. The third kappa shape index (κ3) is 4.38. The van der Waals surface area contributed by atoms with Crippen LogP contribution in [0.15, 0.2) is 91.4 Å². The summed E-state index contributed by atoms with van der Waals surface area (Å²) in [5, 5.41) is 0. The summed E-state index contributed by atoms with van der Waals surface area (Å²) in [6.07, 6.45) is 5.27. The second-order valence-electron chi connectivity index (χ2n) is 7.04. The van der Waals surface area contributed by atoms with E-state index in [1.165, 1.54) is 0 Å². The number of aromatic nitrogens is 4.